The Morgan fingerprint density at radius 1 is 1.00 bits per heavy atom. The number of carbonyl (C=O) groups excluding carboxylic acids is 2. The van der Waals surface area contributed by atoms with Crippen molar-refractivity contribution in [1.82, 2.24) is 10.6 Å². The summed E-state index contributed by atoms with van der Waals surface area (Å²) in [6.45, 7) is -0.648. The zero-order valence-corrected chi connectivity index (χ0v) is 19.0. The van der Waals surface area contributed by atoms with Gasteiger partial charge in [0, 0.05) is 12.0 Å². The van der Waals surface area contributed by atoms with E-state index in [1.165, 1.54) is 36.4 Å². The third-order valence-corrected chi connectivity index (χ3v) is 6.59. The number of aliphatic imine (C=N–C) groups is 1. The number of aliphatic carboxylic acids is 1. The van der Waals surface area contributed by atoms with E-state index in [0.29, 0.717) is 5.69 Å². The van der Waals surface area contributed by atoms with Gasteiger partial charge in [0.15, 0.2) is 15.8 Å². The van der Waals surface area contributed by atoms with E-state index in [9.17, 15) is 32.7 Å². The average Bonchev–Trinajstić information content (AvgIpc) is 2.79. The van der Waals surface area contributed by atoms with E-state index < -0.39 is 68.8 Å². The van der Waals surface area contributed by atoms with E-state index in [1.54, 1.807) is 0 Å². The lowest BCUT2D eigenvalue weighted by atomic mass is 10.2. The number of carboxylic acids is 2. The molecule has 14 heteroatoms. The van der Waals surface area contributed by atoms with Crippen LogP contribution in [0.5, 0.6) is 0 Å². The molecular formula is C21H23N5O8S. The highest BCUT2D eigenvalue weighted by Crippen LogP contribution is 2.22. The van der Waals surface area contributed by atoms with Crippen LogP contribution in [0.1, 0.15) is 33.6 Å². The number of nitrogens with one attached hydrogen (secondary N) is 2. The van der Waals surface area contributed by atoms with Crippen molar-refractivity contribution in [2.24, 2.45) is 16.5 Å². The number of nitrogens with two attached hydrogens (primary N) is 2. The lowest BCUT2D eigenvalue weighted by Crippen LogP contribution is -2.46. The van der Waals surface area contributed by atoms with Crippen LogP contribution in [0.2, 0.25) is 0 Å². The van der Waals surface area contributed by atoms with Crippen LogP contribution in [-0.2, 0) is 19.4 Å². The number of aromatic carboxylic acids is 1. The van der Waals surface area contributed by atoms with Crippen molar-refractivity contribution in [2.45, 2.75) is 23.1 Å². The molecule has 8 N–H and O–H groups in total. The van der Waals surface area contributed by atoms with Crippen LogP contribution >= 0.6 is 0 Å². The highest BCUT2D eigenvalue weighted by atomic mass is 32.2. The molecule has 0 spiro atoms. The Morgan fingerprint density at radius 2 is 1.69 bits per heavy atom. The standard InChI is InChI=1S/C21H23N5O8S/c22-21(23)25-13-5-3-4-12(10-13)19(30)24-11-16(27)26-17(8-9-18(28)29)35(33,34)15-7-2-1-6-14(15)20(31)32/h1-7,10,17H,8-9,11H2,(H,24,30)(H,26,27)(H,28,29)(H,31,32)(H4,22,23,25). The summed E-state index contributed by atoms with van der Waals surface area (Å²) in [5.74, 6) is -4.68. The van der Waals surface area contributed by atoms with Gasteiger partial charge in [-0.05, 0) is 36.8 Å². The molecule has 0 aromatic heterocycles. The fourth-order valence-corrected chi connectivity index (χ4v) is 4.71. The van der Waals surface area contributed by atoms with Gasteiger partial charge >= 0.3 is 11.9 Å². The molecule has 1 unspecified atom stereocenters. The Kier molecular flexibility index (Phi) is 8.88. The Bertz CT molecular complexity index is 1270. The third kappa shape index (κ3) is 7.53. The van der Waals surface area contributed by atoms with Gasteiger partial charge in [0.05, 0.1) is 22.7 Å². The Labute approximate surface area is 199 Å². The van der Waals surface area contributed by atoms with Crippen LogP contribution in [-0.4, -0.2) is 60.3 Å². The zero-order chi connectivity index (χ0) is 26.2. The maximum atomic E-state index is 13.1. The molecule has 0 aliphatic rings. The number of rotatable bonds is 11. The van der Waals surface area contributed by atoms with Crippen molar-refractivity contribution in [3.8, 4) is 0 Å². The SMILES string of the molecule is NC(N)=Nc1cccc(C(=O)NCC(=O)NC(CCC(=O)O)S(=O)(=O)c2ccccc2C(=O)O)c1. The molecule has 0 aliphatic carbocycles. The first-order valence-corrected chi connectivity index (χ1v) is 11.5. The van der Waals surface area contributed by atoms with Gasteiger partial charge in [-0.15, -0.1) is 0 Å². The molecule has 0 radical (unpaired) electrons. The Balaban J connectivity index is 2.19. The quantitative estimate of drug-likeness (QED) is 0.174. The van der Waals surface area contributed by atoms with Gasteiger partial charge in [0.2, 0.25) is 5.91 Å². The van der Waals surface area contributed by atoms with Crippen LogP contribution in [0.3, 0.4) is 0 Å². The minimum atomic E-state index is -4.50. The number of carbonyl (C=O) groups is 4. The van der Waals surface area contributed by atoms with Crippen molar-refractivity contribution in [3.05, 3.63) is 59.7 Å². The summed E-state index contributed by atoms with van der Waals surface area (Å²) in [7, 11) is -4.50. The molecule has 0 fully saturated rings. The summed E-state index contributed by atoms with van der Waals surface area (Å²) in [6.07, 6.45) is -1.16. The summed E-state index contributed by atoms with van der Waals surface area (Å²) in [5, 5.41) is 21.0. The topological polar surface area (TPSA) is 231 Å². The lowest BCUT2D eigenvalue weighted by Gasteiger charge is -2.20. The molecular weight excluding hydrogens is 482 g/mol. The first-order chi connectivity index (χ1) is 16.4. The van der Waals surface area contributed by atoms with E-state index in [4.69, 9.17) is 16.6 Å². The van der Waals surface area contributed by atoms with Gasteiger partial charge in [-0.3, -0.25) is 14.4 Å². The second-order valence-corrected chi connectivity index (χ2v) is 9.20. The van der Waals surface area contributed by atoms with Crippen molar-refractivity contribution in [3.63, 3.8) is 0 Å². The van der Waals surface area contributed by atoms with E-state index in [2.05, 4.69) is 15.6 Å². The fourth-order valence-electron chi connectivity index (χ4n) is 2.96. The van der Waals surface area contributed by atoms with Crippen molar-refractivity contribution >= 4 is 45.2 Å². The predicted octanol–water partition coefficient (Wildman–Crippen LogP) is -0.199. The van der Waals surface area contributed by atoms with Gasteiger partial charge in [-0.25, -0.2) is 18.2 Å². The van der Waals surface area contributed by atoms with Crippen LogP contribution in [0.15, 0.2) is 58.4 Å². The third-order valence-electron chi connectivity index (χ3n) is 4.52. The minimum absolute atomic E-state index is 0.116. The number of guanidine groups is 1. The number of nitrogens with zero attached hydrogens (tertiary/aromatic N) is 1. The number of benzene rings is 2. The van der Waals surface area contributed by atoms with Gasteiger partial charge in [-0.1, -0.05) is 18.2 Å². The maximum absolute atomic E-state index is 13.1. The highest BCUT2D eigenvalue weighted by Gasteiger charge is 2.32. The number of sulfone groups is 1. The number of hydrogen-bond acceptors (Lipinski definition) is 7. The summed E-state index contributed by atoms with van der Waals surface area (Å²) in [4.78, 5) is 50.5. The monoisotopic (exact) mass is 505 g/mol. The average molecular weight is 506 g/mol. The second kappa shape index (κ2) is 11.6. The molecule has 2 aromatic carbocycles. The summed E-state index contributed by atoms with van der Waals surface area (Å²) in [6, 6.07) is 10.6. The van der Waals surface area contributed by atoms with Crippen LogP contribution in [0.25, 0.3) is 0 Å². The molecule has 2 rings (SSSR count). The summed E-state index contributed by atoms with van der Waals surface area (Å²) < 4.78 is 26.2. The predicted molar refractivity (Wildman–Crippen MR) is 124 cm³/mol. The van der Waals surface area contributed by atoms with E-state index in [-0.39, 0.29) is 11.5 Å². The molecule has 13 nitrogen and oxygen atoms in total. The summed E-state index contributed by atoms with van der Waals surface area (Å²) in [5.41, 5.74) is 10.5. The van der Waals surface area contributed by atoms with Gasteiger partial charge in [0.1, 0.15) is 5.37 Å². The molecule has 35 heavy (non-hydrogen) atoms. The smallest absolute Gasteiger partial charge is 0.337 e. The summed E-state index contributed by atoms with van der Waals surface area (Å²) >= 11 is 0. The van der Waals surface area contributed by atoms with Crippen LogP contribution in [0.4, 0.5) is 5.69 Å². The Morgan fingerprint density at radius 3 is 2.31 bits per heavy atom. The molecule has 0 aliphatic heterocycles. The van der Waals surface area contributed by atoms with Crippen molar-refractivity contribution in [2.75, 3.05) is 6.54 Å². The van der Waals surface area contributed by atoms with Gasteiger partial charge < -0.3 is 32.3 Å². The van der Waals surface area contributed by atoms with Gasteiger partial charge in [0.25, 0.3) is 5.91 Å². The first kappa shape index (κ1) is 26.8. The van der Waals surface area contributed by atoms with Gasteiger partial charge in [-0.2, -0.15) is 0 Å². The Hall–Kier alpha value is -4.46. The van der Waals surface area contributed by atoms with E-state index >= 15 is 0 Å². The van der Waals surface area contributed by atoms with E-state index in [1.807, 2.05) is 0 Å². The molecule has 186 valence electrons. The maximum Gasteiger partial charge on any atom is 0.337 e. The number of hydrogen-bond donors (Lipinski definition) is 6. The zero-order valence-electron chi connectivity index (χ0n) is 18.2. The molecule has 0 saturated carbocycles. The largest absolute Gasteiger partial charge is 0.481 e. The van der Waals surface area contributed by atoms with Crippen molar-refractivity contribution in [1.29, 1.82) is 0 Å². The lowest BCUT2D eigenvalue weighted by molar-refractivity contribution is -0.137. The van der Waals surface area contributed by atoms with Crippen molar-refractivity contribution < 1.29 is 37.8 Å². The van der Waals surface area contributed by atoms with Crippen LogP contribution in [0, 0.1) is 0 Å². The van der Waals surface area contributed by atoms with Crippen LogP contribution < -0.4 is 22.1 Å². The minimum Gasteiger partial charge on any atom is -0.481 e. The fraction of sp³-hybridized carbons (Fsp3) is 0.190. The molecule has 2 aromatic rings. The molecule has 1 atom stereocenters. The van der Waals surface area contributed by atoms with E-state index in [0.717, 1.165) is 12.1 Å². The normalized spacial score (nSPS) is 11.7. The molecule has 0 bridgehead atoms. The number of amides is 2. The molecule has 0 heterocycles. The second-order valence-electron chi connectivity index (χ2n) is 7.10. The first-order valence-electron chi connectivity index (χ1n) is 9.97. The highest BCUT2D eigenvalue weighted by molar-refractivity contribution is 7.92. The molecule has 2 amide bonds. The molecule has 0 saturated heterocycles. The number of carboxylic acid groups (broad SMARTS) is 2.